The van der Waals surface area contributed by atoms with E-state index >= 15 is 0 Å². The van der Waals surface area contributed by atoms with Crippen LogP contribution in [0, 0.1) is 0 Å². The summed E-state index contributed by atoms with van der Waals surface area (Å²) in [6.07, 6.45) is -3.47. The molecule has 1 aliphatic rings. The number of azide groups is 1. The van der Waals surface area contributed by atoms with Crippen LogP contribution in [0.2, 0.25) is 0 Å². The van der Waals surface area contributed by atoms with Gasteiger partial charge in [0.2, 0.25) is 0 Å². The third-order valence-electron chi connectivity index (χ3n) is 3.03. The standard InChI is InChI=1S/C12H15N3O4S/c13-15-14-9-11(18)10(17)8(6-16)19-12(9)20-7-4-2-1-3-5-7/h1-5,8-12,16-18H,6H2. The van der Waals surface area contributed by atoms with E-state index < -0.39 is 36.4 Å². The van der Waals surface area contributed by atoms with E-state index in [1.807, 2.05) is 30.3 Å². The summed E-state index contributed by atoms with van der Waals surface area (Å²) in [6.45, 7) is -0.424. The molecule has 108 valence electrons. The van der Waals surface area contributed by atoms with E-state index in [-0.39, 0.29) is 0 Å². The van der Waals surface area contributed by atoms with Gasteiger partial charge >= 0.3 is 0 Å². The van der Waals surface area contributed by atoms with E-state index in [1.165, 1.54) is 11.8 Å². The Morgan fingerprint density at radius 2 is 1.95 bits per heavy atom. The summed E-state index contributed by atoms with van der Waals surface area (Å²) in [5, 5.41) is 32.5. The van der Waals surface area contributed by atoms with Crippen LogP contribution in [0.5, 0.6) is 0 Å². The van der Waals surface area contributed by atoms with Crippen molar-refractivity contribution in [2.75, 3.05) is 6.61 Å². The van der Waals surface area contributed by atoms with Gasteiger partial charge in [-0.05, 0) is 17.7 Å². The number of aliphatic hydroxyl groups excluding tert-OH is 3. The molecular weight excluding hydrogens is 282 g/mol. The molecule has 7 nitrogen and oxygen atoms in total. The summed E-state index contributed by atoms with van der Waals surface area (Å²) in [7, 11) is 0. The SMILES string of the molecule is [N-]=[N+]=NC1C(Sc2ccccc2)OC(CO)C(O)C1O. The Morgan fingerprint density at radius 3 is 2.55 bits per heavy atom. The minimum Gasteiger partial charge on any atom is -0.394 e. The van der Waals surface area contributed by atoms with Gasteiger partial charge in [0, 0.05) is 9.81 Å². The van der Waals surface area contributed by atoms with Gasteiger partial charge in [0.25, 0.3) is 0 Å². The number of rotatable bonds is 4. The van der Waals surface area contributed by atoms with Crippen molar-refractivity contribution in [2.24, 2.45) is 5.11 Å². The minimum absolute atomic E-state index is 0.424. The molecule has 20 heavy (non-hydrogen) atoms. The topological polar surface area (TPSA) is 119 Å². The highest BCUT2D eigenvalue weighted by Crippen LogP contribution is 2.34. The number of benzene rings is 1. The molecule has 8 heteroatoms. The van der Waals surface area contributed by atoms with E-state index in [2.05, 4.69) is 10.0 Å². The second kappa shape index (κ2) is 6.94. The van der Waals surface area contributed by atoms with Crippen LogP contribution in [0.4, 0.5) is 0 Å². The molecule has 3 N–H and O–H groups in total. The average molecular weight is 297 g/mol. The summed E-state index contributed by atoms with van der Waals surface area (Å²) < 4.78 is 5.53. The Labute approximate surface area is 119 Å². The Bertz CT molecular complexity index is 483. The highest BCUT2D eigenvalue weighted by atomic mass is 32.2. The Balaban J connectivity index is 2.20. The van der Waals surface area contributed by atoms with Crippen LogP contribution in [-0.4, -0.2) is 51.7 Å². The molecule has 0 aliphatic carbocycles. The Kier molecular flexibility index (Phi) is 5.24. The van der Waals surface area contributed by atoms with Crippen molar-refractivity contribution >= 4 is 11.8 Å². The Morgan fingerprint density at radius 1 is 1.25 bits per heavy atom. The maximum Gasteiger partial charge on any atom is 0.119 e. The third kappa shape index (κ3) is 3.24. The lowest BCUT2D eigenvalue weighted by Crippen LogP contribution is -2.56. The van der Waals surface area contributed by atoms with E-state index in [4.69, 9.17) is 10.3 Å². The van der Waals surface area contributed by atoms with E-state index in [1.54, 1.807) is 0 Å². The molecule has 1 aliphatic heterocycles. The van der Waals surface area contributed by atoms with E-state index in [9.17, 15) is 15.3 Å². The van der Waals surface area contributed by atoms with Crippen LogP contribution in [0.3, 0.4) is 0 Å². The number of aliphatic hydroxyl groups is 3. The van der Waals surface area contributed by atoms with Crippen LogP contribution in [0.15, 0.2) is 40.3 Å². The molecule has 5 atom stereocenters. The van der Waals surface area contributed by atoms with Crippen molar-refractivity contribution in [3.63, 3.8) is 0 Å². The van der Waals surface area contributed by atoms with Crippen molar-refractivity contribution in [1.29, 1.82) is 0 Å². The highest BCUT2D eigenvalue weighted by molar-refractivity contribution is 7.99. The average Bonchev–Trinajstić information content (AvgIpc) is 2.47. The monoisotopic (exact) mass is 297 g/mol. The van der Waals surface area contributed by atoms with Crippen LogP contribution >= 0.6 is 11.8 Å². The first-order chi connectivity index (χ1) is 9.67. The first-order valence-corrected chi connectivity index (χ1v) is 6.93. The fourth-order valence-corrected chi connectivity index (χ4v) is 3.12. The van der Waals surface area contributed by atoms with Gasteiger partial charge in [-0.15, -0.1) is 0 Å². The number of thioether (sulfide) groups is 1. The van der Waals surface area contributed by atoms with Gasteiger partial charge in [-0.2, -0.15) is 0 Å². The molecule has 1 aromatic rings. The smallest absolute Gasteiger partial charge is 0.119 e. The zero-order chi connectivity index (χ0) is 14.5. The summed E-state index contributed by atoms with van der Waals surface area (Å²) in [6, 6.07) is 8.35. The van der Waals surface area contributed by atoms with Gasteiger partial charge in [-0.3, -0.25) is 0 Å². The molecule has 5 unspecified atom stereocenters. The van der Waals surface area contributed by atoms with Crippen LogP contribution < -0.4 is 0 Å². The quantitative estimate of drug-likeness (QED) is 0.433. The number of nitrogens with zero attached hydrogens (tertiary/aromatic N) is 3. The summed E-state index contributed by atoms with van der Waals surface area (Å²) >= 11 is 1.27. The maximum atomic E-state index is 10.00. The van der Waals surface area contributed by atoms with Gasteiger partial charge in [-0.25, -0.2) is 0 Å². The molecule has 0 amide bonds. The summed E-state index contributed by atoms with van der Waals surface area (Å²) in [5.41, 5.74) is 7.90. The van der Waals surface area contributed by atoms with Crippen molar-refractivity contribution < 1.29 is 20.1 Å². The van der Waals surface area contributed by atoms with Crippen molar-refractivity contribution in [2.45, 2.75) is 34.7 Å². The molecule has 1 aromatic carbocycles. The van der Waals surface area contributed by atoms with Gasteiger partial charge in [0.1, 0.15) is 23.7 Å². The molecule has 0 bridgehead atoms. The molecule has 0 spiro atoms. The zero-order valence-corrected chi connectivity index (χ0v) is 11.3. The van der Waals surface area contributed by atoms with Crippen LogP contribution in [0.25, 0.3) is 10.4 Å². The number of ether oxygens (including phenoxy) is 1. The first-order valence-electron chi connectivity index (χ1n) is 6.05. The van der Waals surface area contributed by atoms with Crippen molar-refractivity contribution in [1.82, 2.24) is 0 Å². The van der Waals surface area contributed by atoms with Crippen LogP contribution in [-0.2, 0) is 4.74 Å². The maximum absolute atomic E-state index is 10.00. The highest BCUT2D eigenvalue weighted by Gasteiger charge is 2.44. The molecule has 0 radical (unpaired) electrons. The largest absolute Gasteiger partial charge is 0.394 e. The molecule has 1 heterocycles. The normalized spacial score (nSPS) is 33.5. The lowest BCUT2D eigenvalue weighted by Gasteiger charge is -2.40. The van der Waals surface area contributed by atoms with Crippen LogP contribution in [0.1, 0.15) is 0 Å². The van der Waals surface area contributed by atoms with Gasteiger partial charge < -0.3 is 20.1 Å². The molecular formula is C12H15N3O4S. The second-order valence-corrected chi connectivity index (χ2v) is 5.50. The molecule has 2 rings (SSSR count). The third-order valence-corrected chi connectivity index (χ3v) is 4.20. The molecule has 1 saturated heterocycles. The lowest BCUT2D eigenvalue weighted by molar-refractivity contribution is -0.165. The fraction of sp³-hybridized carbons (Fsp3) is 0.500. The number of hydrogen-bond acceptors (Lipinski definition) is 6. The van der Waals surface area contributed by atoms with Crippen molar-refractivity contribution in [3.8, 4) is 0 Å². The van der Waals surface area contributed by atoms with Crippen molar-refractivity contribution in [3.05, 3.63) is 40.8 Å². The van der Waals surface area contributed by atoms with Gasteiger partial charge in [0.05, 0.1) is 12.7 Å². The zero-order valence-electron chi connectivity index (χ0n) is 10.5. The predicted molar refractivity (Wildman–Crippen MR) is 73.0 cm³/mol. The van der Waals surface area contributed by atoms with Gasteiger partial charge in [0.15, 0.2) is 0 Å². The molecule has 0 aromatic heterocycles. The summed E-state index contributed by atoms with van der Waals surface area (Å²) in [4.78, 5) is 3.56. The minimum atomic E-state index is -1.29. The van der Waals surface area contributed by atoms with E-state index in [0.29, 0.717) is 0 Å². The van der Waals surface area contributed by atoms with E-state index in [0.717, 1.165) is 4.90 Å². The number of hydrogen-bond donors (Lipinski definition) is 3. The Hall–Kier alpha value is -1.28. The summed E-state index contributed by atoms with van der Waals surface area (Å²) in [5.74, 6) is 0. The second-order valence-electron chi connectivity index (χ2n) is 4.33. The van der Waals surface area contributed by atoms with Gasteiger partial charge in [-0.1, -0.05) is 35.1 Å². The lowest BCUT2D eigenvalue weighted by atomic mass is 9.99. The molecule has 0 saturated carbocycles. The predicted octanol–water partition coefficient (Wildman–Crippen LogP) is 0.897. The fourth-order valence-electron chi connectivity index (χ4n) is 1.98. The first kappa shape index (κ1) is 15.1. The molecule has 1 fully saturated rings.